The molecule has 37 heavy (non-hydrogen) atoms. The minimum Gasteiger partial charge on any atom is -0.322 e. The number of hydrogen-bond acceptors (Lipinski definition) is 5. The van der Waals surface area contributed by atoms with Crippen LogP contribution in [-0.4, -0.2) is 37.4 Å². The highest BCUT2D eigenvalue weighted by molar-refractivity contribution is 6.22. The number of aromatic nitrogens is 3. The maximum absolute atomic E-state index is 13.1. The molecule has 2 aliphatic heterocycles. The van der Waals surface area contributed by atoms with Crippen LogP contribution >= 0.6 is 0 Å². The number of fused-ring (bicyclic) bond motifs is 2. The van der Waals surface area contributed by atoms with Gasteiger partial charge in [-0.25, -0.2) is 0 Å². The molecule has 0 saturated heterocycles. The lowest BCUT2D eigenvalue weighted by Gasteiger charge is -2.13. The molecule has 2 aliphatic rings. The van der Waals surface area contributed by atoms with Crippen LogP contribution in [-0.2, 0) is 19.5 Å². The summed E-state index contributed by atoms with van der Waals surface area (Å²) in [5, 5.41) is 11.7. The number of hydrogen-bond donors (Lipinski definition) is 1. The van der Waals surface area contributed by atoms with Crippen molar-refractivity contribution in [2.75, 3.05) is 5.32 Å². The summed E-state index contributed by atoms with van der Waals surface area (Å²) in [7, 11) is 0. The first-order valence-corrected chi connectivity index (χ1v) is 12.5. The van der Waals surface area contributed by atoms with E-state index in [1.165, 1.54) is 17.4 Å². The number of nitrogens with zero attached hydrogens (tertiary/aromatic N) is 4. The van der Waals surface area contributed by atoms with Crippen LogP contribution in [0.15, 0.2) is 72.8 Å². The van der Waals surface area contributed by atoms with Gasteiger partial charge in [0, 0.05) is 29.8 Å². The van der Waals surface area contributed by atoms with E-state index in [0.29, 0.717) is 16.8 Å². The van der Waals surface area contributed by atoms with Gasteiger partial charge in [0.15, 0.2) is 5.82 Å². The van der Waals surface area contributed by atoms with Gasteiger partial charge in [-0.1, -0.05) is 48.9 Å². The molecule has 0 aliphatic carbocycles. The number of carbonyl (C=O) groups is 3. The van der Waals surface area contributed by atoms with Crippen molar-refractivity contribution in [2.45, 2.75) is 38.8 Å². The molecule has 0 bridgehead atoms. The molecule has 3 heterocycles. The van der Waals surface area contributed by atoms with Gasteiger partial charge >= 0.3 is 0 Å². The average molecular weight is 492 g/mol. The van der Waals surface area contributed by atoms with Crippen LogP contribution in [0.5, 0.6) is 0 Å². The molecular formula is C29H25N5O3. The van der Waals surface area contributed by atoms with Crippen LogP contribution in [0.25, 0.3) is 11.4 Å². The third kappa shape index (κ3) is 4.31. The number of imide groups is 1. The Morgan fingerprint density at radius 1 is 0.838 bits per heavy atom. The lowest BCUT2D eigenvalue weighted by Crippen LogP contribution is -2.29. The van der Waals surface area contributed by atoms with Crippen molar-refractivity contribution in [3.8, 4) is 11.4 Å². The molecule has 0 radical (unpaired) electrons. The maximum Gasteiger partial charge on any atom is 0.261 e. The third-order valence-corrected chi connectivity index (χ3v) is 6.90. The first-order valence-electron chi connectivity index (χ1n) is 12.5. The lowest BCUT2D eigenvalue weighted by atomic mass is 10.1. The molecule has 0 spiro atoms. The SMILES string of the molecule is O=C(Nc1cccc(-c2nnc3n2CCCCC3)c1)c1ccc2c(c1)C(=O)N(Cc1ccccc1)C2=O. The molecule has 1 N–H and O–H groups in total. The van der Waals surface area contributed by atoms with Gasteiger partial charge in [-0.15, -0.1) is 10.2 Å². The summed E-state index contributed by atoms with van der Waals surface area (Å²) >= 11 is 0. The van der Waals surface area contributed by atoms with Crippen molar-refractivity contribution in [3.63, 3.8) is 0 Å². The summed E-state index contributed by atoms with van der Waals surface area (Å²) in [6, 6.07) is 21.5. The topological polar surface area (TPSA) is 97.2 Å². The van der Waals surface area contributed by atoms with Gasteiger partial charge in [-0.2, -0.15) is 0 Å². The predicted molar refractivity (Wildman–Crippen MR) is 138 cm³/mol. The van der Waals surface area contributed by atoms with E-state index in [1.54, 1.807) is 12.1 Å². The number of aryl methyl sites for hydroxylation is 1. The number of rotatable bonds is 5. The molecule has 0 fully saturated rings. The van der Waals surface area contributed by atoms with Crippen molar-refractivity contribution in [2.24, 2.45) is 0 Å². The normalized spacial score (nSPS) is 14.8. The van der Waals surface area contributed by atoms with Gasteiger partial charge in [0.05, 0.1) is 17.7 Å². The fourth-order valence-electron chi connectivity index (χ4n) is 4.98. The molecule has 0 saturated carbocycles. The van der Waals surface area contributed by atoms with Crippen molar-refractivity contribution in [3.05, 3.63) is 101 Å². The Hall–Kier alpha value is -4.59. The summed E-state index contributed by atoms with van der Waals surface area (Å²) in [6.07, 6.45) is 4.31. The zero-order chi connectivity index (χ0) is 25.4. The molecule has 0 atom stereocenters. The van der Waals surface area contributed by atoms with E-state index in [4.69, 9.17) is 0 Å². The Labute approximate surface area is 213 Å². The van der Waals surface area contributed by atoms with Crippen molar-refractivity contribution >= 4 is 23.4 Å². The number of amides is 3. The average Bonchev–Trinajstić information content (AvgIpc) is 3.32. The highest BCUT2D eigenvalue weighted by Gasteiger charge is 2.36. The van der Waals surface area contributed by atoms with Crippen molar-refractivity contribution in [1.82, 2.24) is 19.7 Å². The fraction of sp³-hybridized carbons (Fsp3) is 0.207. The number of anilines is 1. The van der Waals surface area contributed by atoms with Crippen LogP contribution in [0.3, 0.4) is 0 Å². The molecule has 8 heteroatoms. The van der Waals surface area contributed by atoms with Gasteiger partial charge in [-0.05, 0) is 48.7 Å². The molecule has 3 amide bonds. The Morgan fingerprint density at radius 3 is 2.54 bits per heavy atom. The molecule has 4 aromatic rings. The van der Waals surface area contributed by atoms with E-state index in [1.807, 2.05) is 54.6 Å². The summed E-state index contributed by atoms with van der Waals surface area (Å²) in [6.45, 7) is 1.07. The minimum atomic E-state index is -0.395. The lowest BCUT2D eigenvalue weighted by molar-refractivity contribution is 0.0642. The largest absolute Gasteiger partial charge is 0.322 e. The van der Waals surface area contributed by atoms with Crippen LogP contribution in [0, 0.1) is 0 Å². The zero-order valence-electron chi connectivity index (χ0n) is 20.2. The van der Waals surface area contributed by atoms with Crippen LogP contribution < -0.4 is 5.32 Å². The fourth-order valence-corrected chi connectivity index (χ4v) is 4.98. The van der Waals surface area contributed by atoms with E-state index in [2.05, 4.69) is 20.1 Å². The highest BCUT2D eigenvalue weighted by atomic mass is 16.2. The Balaban J connectivity index is 1.21. The molecule has 8 nitrogen and oxygen atoms in total. The zero-order valence-corrected chi connectivity index (χ0v) is 20.2. The van der Waals surface area contributed by atoms with Gasteiger partial charge in [0.25, 0.3) is 17.7 Å². The number of nitrogens with one attached hydrogen (secondary N) is 1. The number of benzene rings is 3. The summed E-state index contributed by atoms with van der Waals surface area (Å²) in [5.41, 5.74) is 3.22. The Bertz CT molecular complexity index is 1530. The standard InChI is InChI=1S/C29H25N5O3/c35-27(30-22-11-7-10-20(16-22)26-32-31-25-12-5-2-6-15-33(25)26)21-13-14-23-24(17-21)29(37)34(28(23)36)18-19-8-3-1-4-9-19/h1,3-4,7-11,13-14,16-17H,2,5-6,12,15,18H2,(H,30,35). The van der Waals surface area contributed by atoms with Crippen LogP contribution in [0.1, 0.15) is 61.7 Å². The minimum absolute atomic E-state index is 0.188. The maximum atomic E-state index is 13.1. The predicted octanol–water partition coefficient (Wildman–Crippen LogP) is 4.72. The molecule has 1 aromatic heterocycles. The first-order chi connectivity index (χ1) is 18.1. The van der Waals surface area contributed by atoms with E-state index in [9.17, 15) is 14.4 Å². The van der Waals surface area contributed by atoms with Crippen LogP contribution in [0.4, 0.5) is 5.69 Å². The van der Waals surface area contributed by atoms with Gasteiger partial charge in [0.1, 0.15) is 5.82 Å². The van der Waals surface area contributed by atoms with E-state index in [-0.39, 0.29) is 23.9 Å². The number of carbonyl (C=O) groups excluding carboxylic acids is 3. The van der Waals surface area contributed by atoms with E-state index in [0.717, 1.165) is 48.6 Å². The second-order valence-corrected chi connectivity index (χ2v) is 9.38. The second kappa shape index (κ2) is 9.46. The monoisotopic (exact) mass is 491 g/mol. The molecule has 6 rings (SSSR count). The second-order valence-electron chi connectivity index (χ2n) is 9.38. The molecule has 0 unspecified atom stereocenters. The molecule has 184 valence electrons. The van der Waals surface area contributed by atoms with Crippen LogP contribution in [0.2, 0.25) is 0 Å². The summed E-state index contributed by atoms with van der Waals surface area (Å²) < 4.78 is 2.16. The molecular weight excluding hydrogens is 466 g/mol. The van der Waals surface area contributed by atoms with Gasteiger partial charge < -0.3 is 9.88 Å². The van der Waals surface area contributed by atoms with Gasteiger partial charge in [0.2, 0.25) is 0 Å². The first kappa shape index (κ1) is 22.8. The van der Waals surface area contributed by atoms with E-state index >= 15 is 0 Å². The highest BCUT2D eigenvalue weighted by Crippen LogP contribution is 2.27. The Kier molecular flexibility index (Phi) is 5.84. The summed E-state index contributed by atoms with van der Waals surface area (Å²) in [5.74, 6) is 0.694. The quantitative estimate of drug-likeness (QED) is 0.408. The molecule has 3 aromatic carbocycles. The smallest absolute Gasteiger partial charge is 0.261 e. The van der Waals surface area contributed by atoms with Crippen molar-refractivity contribution in [1.29, 1.82) is 0 Å². The Morgan fingerprint density at radius 2 is 1.68 bits per heavy atom. The third-order valence-electron chi connectivity index (χ3n) is 6.90. The van der Waals surface area contributed by atoms with E-state index < -0.39 is 5.91 Å². The van der Waals surface area contributed by atoms with Crippen molar-refractivity contribution < 1.29 is 14.4 Å². The van der Waals surface area contributed by atoms with Gasteiger partial charge in [-0.3, -0.25) is 19.3 Å². The summed E-state index contributed by atoms with van der Waals surface area (Å²) in [4.78, 5) is 40.2.